The Hall–Kier alpha value is -3.82. The van der Waals surface area contributed by atoms with Crippen LogP contribution in [0, 0.1) is 5.92 Å². The molecule has 2 aromatic heterocycles. The first kappa shape index (κ1) is 22.4. The Morgan fingerprint density at radius 2 is 1.91 bits per heavy atom. The van der Waals surface area contributed by atoms with Crippen LogP contribution in [0.1, 0.15) is 34.5 Å². The molecule has 10 heteroatoms. The van der Waals surface area contributed by atoms with Crippen LogP contribution < -0.4 is 21.3 Å². The van der Waals surface area contributed by atoms with E-state index in [0.717, 1.165) is 29.9 Å². The second-order valence-corrected chi connectivity index (χ2v) is 7.85. The molecule has 0 unspecified atom stereocenters. The first-order chi connectivity index (χ1) is 15.7. The maximum Gasteiger partial charge on any atom is 0.431 e. The molecule has 3 aromatic rings. The Kier molecular flexibility index (Phi) is 6.08. The molecule has 172 valence electrons. The Balaban J connectivity index is 1.47. The van der Waals surface area contributed by atoms with Crippen molar-refractivity contribution in [3.8, 4) is 16.9 Å². The summed E-state index contributed by atoms with van der Waals surface area (Å²) >= 11 is 0. The molecule has 2 heterocycles. The van der Waals surface area contributed by atoms with Gasteiger partial charge >= 0.3 is 6.18 Å². The number of carbonyl (C=O) groups excluding carboxylic acids is 1. The number of hydrogen-bond donors (Lipinski definition) is 3. The zero-order valence-electron chi connectivity index (χ0n) is 17.4. The van der Waals surface area contributed by atoms with Crippen molar-refractivity contribution in [1.29, 1.82) is 0 Å². The summed E-state index contributed by atoms with van der Waals surface area (Å²) in [4.78, 5) is 29.3. The highest BCUT2D eigenvalue weighted by molar-refractivity contribution is 5.94. The molecule has 0 aliphatic heterocycles. The van der Waals surface area contributed by atoms with Crippen LogP contribution in [-0.2, 0) is 12.8 Å². The molecule has 1 fully saturated rings. The number of ether oxygens (including phenoxy) is 1. The number of primary amides is 1. The van der Waals surface area contributed by atoms with Crippen LogP contribution in [0.15, 0.2) is 53.5 Å². The van der Waals surface area contributed by atoms with Crippen LogP contribution in [0.2, 0.25) is 0 Å². The SMILES string of the molecule is NC(=O)c1cc(-c2ccc(OCc3ccc(NCC4CC4)nc3)cc2)c(C(F)(F)F)[nH]c1=O. The van der Waals surface area contributed by atoms with Gasteiger partial charge in [0.15, 0.2) is 0 Å². The van der Waals surface area contributed by atoms with Gasteiger partial charge in [0.05, 0.1) is 0 Å². The van der Waals surface area contributed by atoms with E-state index < -0.39 is 28.9 Å². The lowest BCUT2D eigenvalue weighted by Crippen LogP contribution is -2.27. The van der Waals surface area contributed by atoms with Crippen molar-refractivity contribution in [1.82, 2.24) is 9.97 Å². The molecule has 0 atom stereocenters. The van der Waals surface area contributed by atoms with Crippen molar-refractivity contribution in [2.24, 2.45) is 11.7 Å². The van der Waals surface area contributed by atoms with E-state index in [1.54, 1.807) is 11.2 Å². The minimum atomic E-state index is -4.83. The summed E-state index contributed by atoms with van der Waals surface area (Å²) in [5, 5.41) is 3.28. The van der Waals surface area contributed by atoms with Gasteiger partial charge in [-0.05, 0) is 48.6 Å². The first-order valence-corrected chi connectivity index (χ1v) is 10.3. The number of carbonyl (C=O) groups is 1. The van der Waals surface area contributed by atoms with E-state index in [4.69, 9.17) is 10.5 Å². The maximum absolute atomic E-state index is 13.4. The van der Waals surface area contributed by atoms with E-state index in [1.807, 2.05) is 12.1 Å². The second-order valence-electron chi connectivity index (χ2n) is 7.85. The number of anilines is 1. The van der Waals surface area contributed by atoms with E-state index in [9.17, 15) is 22.8 Å². The van der Waals surface area contributed by atoms with Crippen molar-refractivity contribution < 1.29 is 22.7 Å². The molecule has 1 saturated carbocycles. The normalized spacial score (nSPS) is 13.5. The fourth-order valence-corrected chi connectivity index (χ4v) is 3.25. The van der Waals surface area contributed by atoms with E-state index >= 15 is 0 Å². The zero-order valence-corrected chi connectivity index (χ0v) is 17.4. The van der Waals surface area contributed by atoms with Crippen LogP contribution in [0.4, 0.5) is 19.0 Å². The third-order valence-electron chi connectivity index (χ3n) is 5.25. The highest BCUT2D eigenvalue weighted by Gasteiger charge is 2.36. The Bertz CT molecular complexity index is 1200. The quantitative estimate of drug-likeness (QED) is 0.473. The van der Waals surface area contributed by atoms with Gasteiger partial charge in [-0.15, -0.1) is 0 Å². The van der Waals surface area contributed by atoms with Crippen molar-refractivity contribution in [2.45, 2.75) is 25.6 Å². The van der Waals surface area contributed by atoms with Gasteiger partial charge in [-0.3, -0.25) is 9.59 Å². The molecular formula is C23H21F3N4O3. The summed E-state index contributed by atoms with van der Waals surface area (Å²) in [5.41, 5.74) is 2.72. The van der Waals surface area contributed by atoms with E-state index in [-0.39, 0.29) is 17.7 Å². The minimum absolute atomic E-state index is 0.140. The average molecular weight is 458 g/mol. The average Bonchev–Trinajstić information content (AvgIpc) is 3.61. The second kappa shape index (κ2) is 8.97. The molecule has 1 amide bonds. The summed E-state index contributed by atoms with van der Waals surface area (Å²) in [6.07, 6.45) is -0.620. The number of halogens is 3. The molecule has 1 aliphatic carbocycles. The Labute approximate surface area is 186 Å². The van der Waals surface area contributed by atoms with Crippen LogP contribution in [0.3, 0.4) is 0 Å². The van der Waals surface area contributed by atoms with Gasteiger partial charge in [-0.1, -0.05) is 18.2 Å². The van der Waals surface area contributed by atoms with E-state index in [2.05, 4.69) is 10.3 Å². The molecule has 1 aliphatic rings. The number of nitrogens with two attached hydrogens (primary N) is 1. The lowest BCUT2D eigenvalue weighted by molar-refractivity contribution is -0.140. The number of hydrogen-bond acceptors (Lipinski definition) is 5. The molecule has 0 bridgehead atoms. The monoisotopic (exact) mass is 458 g/mol. The molecule has 1 aromatic carbocycles. The standard InChI is InChI=1S/C23H21F3N4O3/c24-23(25,26)20-17(9-18(21(27)31)22(32)30-20)15-4-6-16(7-5-15)33-12-14-3-8-19(29-11-14)28-10-13-1-2-13/h3-9,11,13H,1-2,10,12H2,(H2,27,31)(H,28,29)(H,30,32). The van der Waals surface area contributed by atoms with Gasteiger partial charge in [0.2, 0.25) is 0 Å². The van der Waals surface area contributed by atoms with Gasteiger partial charge in [0.25, 0.3) is 11.5 Å². The lowest BCUT2D eigenvalue weighted by Gasteiger charge is -2.14. The number of amides is 1. The molecule has 4 rings (SSSR count). The van der Waals surface area contributed by atoms with Crippen molar-refractivity contribution in [3.63, 3.8) is 0 Å². The first-order valence-electron chi connectivity index (χ1n) is 10.3. The largest absolute Gasteiger partial charge is 0.489 e. The number of nitrogens with one attached hydrogen (secondary N) is 2. The molecule has 0 radical (unpaired) electrons. The fraction of sp³-hybridized carbons (Fsp3) is 0.261. The molecule has 7 nitrogen and oxygen atoms in total. The topological polar surface area (TPSA) is 110 Å². The lowest BCUT2D eigenvalue weighted by atomic mass is 10.0. The van der Waals surface area contributed by atoms with E-state index in [1.165, 1.54) is 37.1 Å². The number of aromatic amines is 1. The predicted molar refractivity (Wildman–Crippen MR) is 116 cm³/mol. The smallest absolute Gasteiger partial charge is 0.431 e. The van der Waals surface area contributed by atoms with Crippen LogP contribution in [0.25, 0.3) is 11.1 Å². The molecule has 0 saturated heterocycles. The highest BCUT2D eigenvalue weighted by atomic mass is 19.4. The van der Waals surface area contributed by atoms with Crippen molar-refractivity contribution in [2.75, 3.05) is 11.9 Å². The number of rotatable bonds is 8. The van der Waals surface area contributed by atoms with Crippen molar-refractivity contribution in [3.05, 3.63) is 75.8 Å². The third kappa shape index (κ3) is 5.51. The number of pyridine rings is 2. The number of alkyl halides is 3. The Morgan fingerprint density at radius 3 is 2.48 bits per heavy atom. The number of H-pyrrole nitrogens is 1. The summed E-state index contributed by atoms with van der Waals surface area (Å²) < 4.78 is 46.0. The fourth-order valence-electron chi connectivity index (χ4n) is 3.25. The zero-order chi connectivity index (χ0) is 23.6. The molecule has 0 spiro atoms. The van der Waals surface area contributed by atoms with Gasteiger partial charge in [-0.25, -0.2) is 4.98 Å². The van der Waals surface area contributed by atoms with Crippen molar-refractivity contribution >= 4 is 11.7 Å². The molecular weight excluding hydrogens is 437 g/mol. The van der Waals surface area contributed by atoms with E-state index in [0.29, 0.717) is 5.75 Å². The summed E-state index contributed by atoms with van der Waals surface area (Å²) in [6.45, 7) is 1.15. The molecule has 33 heavy (non-hydrogen) atoms. The van der Waals surface area contributed by atoms with Crippen LogP contribution in [-0.4, -0.2) is 22.4 Å². The number of aromatic nitrogens is 2. The summed E-state index contributed by atoms with van der Waals surface area (Å²) in [7, 11) is 0. The minimum Gasteiger partial charge on any atom is -0.489 e. The van der Waals surface area contributed by atoms with Gasteiger partial charge in [0.1, 0.15) is 29.4 Å². The van der Waals surface area contributed by atoms with Gasteiger partial charge < -0.3 is 20.8 Å². The highest BCUT2D eigenvalue weighted by Crippen LogP contribution is 2.36. The van der Waals surface area contributed by atoms with Crippen LogP contribution >= 0.6 is 0 Å². The summed E-state index contributed by atoms with van der Waals surface area (Å²) in [5.74, 6) is 0.853. The number of nitrogens with zero attached hydrogens (tertiary/aromatic N) is 1. The van der Waals surface area contributed by atoms with Gasteiger partial charge in [-0.2, -0.15) is 13.2 Å². The number of benzene rings is 1. The Morgan fingerprint density at radius 1 is 1.18 bits per heavy atom. The van der Waals surface area contributed by atoms with Gasteiger partial charge in [0, 0.05) is 23.9 Å². The summed E-state index contributed by atoms with van der Waals surface area (Å²) in [6, 6.07) is 10.4. The third-order valence-corrected chi connectivity index (χ3v) is 5.25. The predicted octanol–water partition coefficient (Wildman–Crippen LogP) is 3.96. The maximum atomic E-state index is 13.4. The molecule has 4 N–H and O–H groups in total. The van der Waals surface area contributed by atoms with Crippen LogP contribution in [0.5, 0.6) is 5.75 Å².